The summed E-state index contributed by atoms with van der Waals surface area (Å²) in [5.74, 6) is 0. The zero-order chi connectivity index (χ0) is 15.0. The monoisotopic (exact) mass is 324 g/mol. The summed E-state index contributed by atoms with van der Waals surface area (Å²) in [7, 11) is -17.5. The van der Waals surface area contributed by atoms with Crippen LogP contribution in [0.2, 0.25) is 0 Å². The summed E-state index contributed by atoms with van der Waals surface area (Å²) in [6.07, 6.45) is 1.05. The lowest BCUT2D eigenvalue weighted by atomic mass is 10.3. The minimum Gasteiger partial charge on any atom is -0.323 e. The molecule has 0 fully saturated rings. The molecule has 0 amide bonds. The van der Waals surface area contributed by atoms with E-state index >= 15 is 0 Å². The molecule has 0 heterocycles. The maximum absolute atomic E-state index is 11.3. The first-order chi connectivity index (χ1) is 7.73. The first-order valence-corrected chi connectivity index (χ1v) is 9.41. The van der Waals surface area contributed by atoms with Gasteiger partial charge in [0.25, 0.3) is 4.64 Å². The molecule has 0 unspecified atom stereocenters. The predicted octanol–water partition coefficient (Wildman–Crippen LogP) is 0.530. The second kappa shape index (κ2) is 5.29. The number of allylic oxidation sites excluding steroid dienone is 2. The summed E-state index contributed by atoms with van der Waals surface area (Å²) in [5.41, 5.74) is -0.736. The van der Waals surface area contributed by atoms with E-state index < -0.39 is 33.0 Å². The van der Waals surface area contributed by atoms with E-state index in [0.29, 0.717) is 0 Å². The van der Waals surface area contributed by atoms with E-state index in [2.05, 4.69) is 0 Å². The van der Waals surface area contributed by atoms with Gasteiger partial charge < -0.3 is 29.4 Å². The Morgan fingerprint density at radius 3 is 1.39 bits per heavy atom. The highest BCUT2D eigenvalue weighted by Crippen LogP contribution is 2.85. The van der Waals surface area contributed by atoms with Gasteiger partial charge in [0.1, 0.15) is 0 Å². The van der Waals surface area contributed by atoms with E-state index in [9.17, 15) is 13.7 Å². The molecule has 108 valence electrons. The highest BCUT2D eigenvalue weighted by molar-refractivity contribution is 7.89. The third-order valence-corrected chi connectivity index (χ3v) is 10.4. The van der Waals surface area contributed by atoms with Gasteiger partial charge in [0, 0.05) is 0 Å². The maximum Gasteiger partial charge on any atom is 0.360 e. The molecule has 0 aromatic carbocycles. The van der Waals surface area contributed by atoms with E-state index in [-0.39, 0.29) is 6.42 Å². The molecule has 0 aliphatic rings. The van der Waals surface area contributed by atoms with E-state index in [1.807, 2.05) is 0 Å². The lowest BCUT2D eigenvalue weighted by Crippen LogP contribution is -2.30. The molecule has 12 heteroatoms. The van der Waals surface area contributed by atoms with Gasteiger partial charge in [-0.25, -0.2) is 0 Å². The Bertz CT molecular complexity index is 421. The van der Waals surface area contributed by atoms with Crippen LogP contribution in [-0.2, 0) is 13.7 Å². The van der Waals surface area contributed by atoms with Crippen molar-refractivity contribution in [3.63, 3.8) is 0 Å². The molecular weight excluding hydrogens is 309 g/mol. The van der Waals surface area contributed by atoms with Gasteiger partial charge in [0.15, 0.2) is 0 Å². The molecule has 0 bridgehead atoms. The Hall–Kier alpha value is 0.190. The van der Waals surface area contributed by atoms with Crippen LogP contribution in [0.15, 0.2) is 11.6 Å². The SMILES string of the molecule is CCC=C(C)C(P(=O)(O)O)(P(=O)(O)O)P(=O)(O)O. The minimum atomic E-state index is -5.83. The van der Waals surface area contributed by atoms with E-state index in [0.717, 1.165) is 13.0 Å². The van der Waals surface area contributed by atoms with E-state index in [1.165, 1.54) is 6.92 Å². The third-order valence-electron chi connectivity index (χ3n) is 2.26. The first kappa shape index (κ1) is 18.2. The molecule has 9 nitrogen and oxygen atoms in total. The fourth-order valence-corrected chi connectivity index (χ4v) is 7.37. The van der Waals surface area contributed by atoms with Crippen molar-refractivity contribution in [3.8, 4) is 0 Å². The lowest BCUT2D eigenvalue weighted by molar-refractivity contribution is 0.309. The largest absolute Gasteiger partial charge is 0.360 e. The minimum absolute atomic E-state index is 0.0909. The van der Waals surface area contributed by atoms with Gasteiger partial charge in [0.2, 0.25) is 0 Å². The van der Waals surface area contributed by atoms with Crippen molar-refractivity contribution < 1.29 is 43.1 Å². The summed E-state index contributed by atoms with van der Waals surface area (Å²) in [5, 5.41) is 0. The molecule has 0 aromatic heterocycles. The lowest BCUT2D eigenvalue weighted by Gasteiger charge is -2.35. The Balaban J connectivity index is 6.68. The molecule has 0 saturated heterocycles. The summed E-state index contributed by atoms with van der Waals surface area (Å²) in [6.45, 7) is 2.34. The normalized spacial score (nSPS) is 15.9. The second-order valence-electron chi connectivity index (χ2n) is 3.56. The Morgan fingerprint density at radius 1 is 0.944 bits per heavy atom. The van der Waals surface area contributed by atoms with Crippen LogP contribution in [0, 0.1) is 0 Å². The van der Waals surface area contributed by atoms with Crippen LogP contribution in [0.25, 0.3) is 0 Å². The smallest absolute Gasteiger partial charge is 0.323 e. The quantitative estimate of drug-likeness (QED) is 0.311. The van der Waals surface area contributed by atoms with Gasteiger partial charge in [-0.3, -0.25) is 13.7 Å². The molecule has 6 N–H and O–H groups in total. The summed E-state index contributed by atoms with van der Waals surface area (Å²) < 4.78 is 30.2. The summed E-state index contributed by atoms with van der Waals surface area (Å²) in [6, 6.07) is 0. The fourth-order valence-electron chi connectivity index (χ4n) is 1.64. The average Bonchev–Trinajstić information content (AvgIpc) is 1.94. The van der Waals surface area contributed by atoms with Crippen LogP contribution >= 0.6 is 22.8 Å². The van der Waals surface area contributed by atoms with Crippen molar-refractivity contribution in [2.24, 2.45) is 0 Å². The van der Waals surface area contributed by atoms with Gasteiger partial charge in [-0.15, -0.1) is 0 Å². The summed E-state index contributed by atoms with van der Waals surface area (Å²) in [4.78, 5) is 54.5. The molecule has 0 saturated carbocycles. The van der Waals surface area contributed by atoms with Gasteiger partial charge in [-0.1, -0.05) is 13.0 Å². The zero-order valence-corrected chi connectivity index (χ0v) is 12.2. The van der Waals surface area contributed by atoms with Crippen LogP contribution in [0.1, 0.15) is 20.3 Å². The van der Waals surface area contributed by atoms with Crippen molar-refractivity contribution in [3.05, 3.63) is 11.6 Å². The molecule has 0 aliphatic carbocycles. The molecule has 0 aliphatic heterocycles. The average molecular weight is 324 g/mol. The Labute approximate surface area is 103 Å². The van der Waals surface area contributed by atoms with E-state index in [4.69, 9.17) is 29.4 Å². The third kappa shape index (κ3) is 2.85. The van der Waals surface area contributed by atoms with Crippen molar-refractivity contribution in [2.75, 3.05) is 0 Å². The van der Waals surface area contributed by atoms with Crippen molar-refractivity contribution in [1.82, 2.24) is 0 Å². The number of rotatable bonds is 5. The van der Waals surface area contributed by atoms with Crippen LogP contribution < -0.4 is 0 Å². The van der Waals surface area contributed by atoms with Gasteiger partial charge >= 0.3 is 22.8 Å². The highest BCUT2D eigenvalue weighted by atomic mass is 31.3. The zero-order valence-electron chi connectivity index (χ0n) is 9.53. The molecule has 0 rings (SSSR count). The van der Waals surface area contributed by atoms with Crippen LogP contribution in [0.3, 0.4) is 0 Å². The van der Waals surface area contributed by atoms with Crippen LogP contribution in [-0.4, -0.2) is 34.0 Å². The fraction of sp³-hybridized carbons (Fsp3) is 0.667. The van der Waals surface area contributed by atoms with Crippen molar-refractivity contribution >= 4 is 22.8 Å². The highest BCUT2D eigenvalue weighted by Gasteiger charge is 2.72. The second-order valence-corrected chi connectivity index (χ2v) is 9.90. The number of hydrogen-bond donors (Lipinski definition) is 6. The van der Waals surface area contributed by atoms with Crippen LogP contribution in [0.5, 0.6) is 0 Å². The standard InChI is InChI=1S/C6H15O9P3/c1-3-4-5(2)6(16(7,8)9,17(10,11)12)18(13,14)15/h4H,3H2,1-2H3,(H2,7,8,9)(H2,10,11,12)(H2,13,14,15). The van der Waals surface area contributed by atoms with Gasteiger partial charge in [-0.2, -0.15) is 0 Å². The molecule has 0 aromatic rings. The molecular formula is C6H15O9P3. The van der Waals surface area contributed by atoms with Crippen molar-refractivity contribution in [1.29, 1.82) is 0 Å². The Kier molecular flexibility index (Phi) is 5.34. The van der Waals surface area contributed by atoms with Gasteiger partial charge in [-0.05, 0) is 18.9 Å². The first-order valence-electron chi connectivity index (χ1n) is 4.57. The molecule has 18 heavy (non-hydrogen) atoms. The molecule has 0 atom stereocenters. The summed E-state index contributed by atoms with van der Waals surface area (Å²) >= 11 is 0. The topological polar surface area (TPSA) is 173 Å². The van der Waals surface area contributed by atoms with Crippen molar-refractivity contribution in [2.45, 2.75) is 24.9 Å². The molecule has 0 spiro atoms. The maximum atomic E-state index is 11.3. The van der Waals surface area contributed by atoms with Gasteiger partial charge in [0.05, 0.1) is 0 Å². The Morgan fingerprint density at radius 2 is 1.22 bits per heavy atom. The number of hydrogen-bond acceptors (Lipinski definition) is 3. The van der Waals surface area contributed by atoms with Crippen LogP contribution in [0.4, 0.5) is 0 Å². The predicted molar refractivity (Wildman–Crippen MR) is 62.9 cm³/mol. The molecule has 0 radical (unpaired) electrons. The van der Waals surface area contributed by atoms with E-state index in [1.54, 1.807) is 0 Å².